The van der Waals surface area contributed by atoms with Gasteiger partial charge in [0.2, 0.25) is 0 Å². The molecule has 27 heavy (non-hydrogen) atoms. The van der Waals surface area contributed by atoms with Gasteiger partial charge in [-0.3, -0.25) is 4.79 Å². The van der Waals surface area contributed by atoms with Crippen molar-refractivity contribution in [2.75, 3.05) is 0 Å². The molecule has 0 aromatic rings. The van der Waals surface area contributed by atoms with Crippen LogP contribution in [0.4, 0.5) is 0 Å². The second-order valence-electron chi connectivity index (χ2n) is 5.43. The van der Waals surface area contributed by atoms with Crippen LogP contribution in [0.15, 0.2) is 109 Å². The largest absolute Gasteiger partial charge is 0.509 e. The lowest BCUT2D eigenvalue weighted by atomic mass is 10.1. The van der Waals surface area contributed by atoms with Gasteiger partial charge in [-0.15, -0.1) is 0 Å². The second-order valence-corrected chi connectivity index (χ2v) is 5.43. The molecule has 5 nitrogen and oxygen atoms in total. The molecular formula is C22H24O5. The average molecular weight is 368 g/mol. The first kappa shape index (κ1) is 23.4. The summed E-state index contributed by atoms with van der Waals surface area (Å²) >= 11 is 0. The Morgan fingerprint density at radius 3 is 1.63 bits per heavy atom. The van der Waals surface area contributed by atoms with E-state index in [0.717, 1.165) is 0 Å². The highest BCUT2D eigenvalue weighted by atomic mass is 16.5. The van der Waals surface area contributed by atoms with Crippen LogP contribution in [0.1, 0.15) is 13.8 Å². The zero-order valence-corrected chi connectivity index (χ0v) is 15.7. The molecule has 0 atom stereocenters. The maximum atomic E-state index is 11.9. The summed E-state index contributed by atoms with van der Waals surface area (Å²) in [6.45, 7) is 24.6. The summed E-state index contributed by atoms with van der Waals surface area (Å²) in [6.07, 6.45) is 7.34. The molecule has 0 fully saturated rings. The zero-order valence-electron chi connectivity index (χ0n) is 15.7. The fourth-order valence-corrected chi connectivity index (χ4v) is 1.53. The lowest BCUT2D eigenvalue weighted by Gasteiger charge is -2.07. The van der Waals surface area contributed by atoms with Gasteiger partial charge < -0.3 is 14.6 Å². The second kappa shape index (κ2) is 11.1. The predicted octanol–water partition coefficient (Wildman–Crippen LogP) is 4.92. The van der Waals surface area contributed by atoms with Gasteiger partial charge in [-0.25, -0.2) is 4.79 Å². The van der Waals surface area contributed by atoms with E-state index < -0.39 is 11.9 Å². The first-order valence-corrected chi connectivity index (χ1v) is 7.72. The molecule has 0 heterocycles. The summed E-state index contributed by atoms with van der Waals surface area (Å²) in [5.74, 6) is -1.13. The standard InChI is InChI=1S/C22H24O5/c1-14(9-11-18(5)26-21(8)24)15(2)10-12-19(6)27-22(25)20(7)16(3)13-17(4)23/h9-13,23H,1-2,4-7H2,3,8H3/b11-9-,12-10-,16-13-. The maximum Gasteiger partial charge on any atom is 0.343 e. The van der Waals surface area contributed by atoms with Crippen LogP contribution in [0.3, 0.4) is 0 Å². The van der Waals surface area contributed by atoms with E-state index in [1.165, 1.54) is 25.2 Å². The van der Waals surface area contributed by atoms with Crippen LogP contribution in [-0.4, -0.2) is 17.0 Å². The number of hydrogen-bond donors (Lipinski definition) is 1. The quantitative estimate of drug-likeness (QED) is 0.256. The minimum Gasteiger partial charge on any atom is -0.509 e. The molecule has 0 spiro atoms. The van der Waals surface area contributed by atoms with Crippen LogP contribution >= 0.6 is 0 Å². The molecule has 0 aliphatic carbocycles. The summed E-state index contributed by atoms with van der Waals surface area (Å²) in [7, 11) is 0. The topological polar surface area (TPSA) is 72.8 Å². The van der Waals surface area contributed by atoms with Crippen molar-refractivity contribution in [3.63, 3.8) is 0 Å². The van der Waals surface area contributed by atoms with E-state index in [4.69, 9.17) is 14.6 Å². The van der Waals surface area contributed by atoms with Gasteiger partial charge in [-0.1, -0.05) is 51.6 Å². The van der Waals surface area contributed by atoms with Crippen molar-refractivity contribution in [1.82, 2.24) is 0 Å². The fourth-order valence-electron chi connectivity index (χ4n) is 1.53. The Balaban J connectivity index is 4.75. The molecule has 0 saturated heterocycles. The summed E-state index contributed by atoms with van der Waals surface area (Å²) in [6, 6.07) is 0. The first-order chi connectivity index (χ1) is 12.4. The highest BCUT2D eigenvalue weighted by Gasteiger charge is 2.11. The highest BCUT2D eigenvalue weighted by molar-refractivity contribution is 5.93. The van der Waals surface area contributed by atoms with Crippen molar-refractivity contribution < 1.29 is 24.2 Å². The van der Waals surface area contributed by atoms with E-state index in [0.29, 0.717) is 16.7 Å². The Bertz CT molecular complexity index is 801. The van der Waals surface area contributed by atoms with Gasteiger partial charge in [0.15, 0.2) is 0 Å². The molecule has 0 aromatic heterocycles. The average Bonchev–Trinajstić information content (AvgIpc) is 2.55. The smallest absolute Gasteiger partial charge is 0.343 e. The number of allylic oxidation sites excluding steroid dienone is 7. The number of hydrogen-bond acceptors (Lipinski definition) is 5. The van der Waals surface area contributed by atoms with Crippen LogP contribution in [0, 0.1) is 0 Å². The van der Waals surface area contributed by atoms with Crippen molar-refractivity contribution in [1.29, 1.82) is 0 Å². The van der Waals surface area contributed by atoms with E-state index in [2.05, 4.69) is 39.5 Å². The van der Waals surface area contributed by atoms with E-state index >= 15 is 0 Å². The number of carbonyl (C=O) groups excluding carboxylic acids is 2. The molecule has 142 valence electrons. The third-order valence-corrected chi connectivity index (χ3v) is 2.96. The van der Waals surface area contributed by atoms with Crippen molar-refractivity contribution in [2.45, 2.75) is 13.8 Å². The lowest BCUT2D eigenvalue weighted by Crippen LogP contribution is -2.07. The Morgan fingerprint density at radius 1 is 0.778 bits per heavy atom. The Hall–Kier alpha value is -3.60. The SMILES string of the molecule is C=C(O)/C=C(/C)C(=C)C(=O)OC(=C)/C=C\C(=C)C(=C)/C=C\C(=C)OC(C)=O. The number of aliphatic hydroxyl groups is 1. The number of carbonyl (C=O) groups is 2. The normalized spacial score (nSPS) is 11.1. The van der Waals surface area contributed by atoms with Crippen LogP contribution in [0.2, 0.25) is 0 Å². The van der Waals surface area contributed by atoms with Gasteiger partial charge in [-0.05, 0) is 41.9 Å². The Morgan fingerprint density at radius 2 is 1.22 bits per heavy atom. The molecule has 0 aromatic carbocycles. The van der Waals surface area contributed by atoms with Crippen LogP contribution in [0.5, 0.6) is 0 Å². The Labute approximate surface area is 160 Å². The molecule has 0 rings (SSSR count). The summed E-state index contributed by atoms with van der Waals surface area (Å²) in [5, 5.41) is 9.11. The van der Waals surface area contributed by atoms with Crippen LogP contribution < -0.4 is 0 Å². The van der Waals surface area contributed by atoms with Crippen LogP contribution in [0.25, 0.3) is 0 Å². The monoisotopic (exact) mass is 368 g/mol. The summed E-state index contributed by atoms with van der Waals surface area (Å²) < 4.78 is 9.83. The molecule has 0 saturated carbocycles. The molecular weight excluding hydrogens is 344 g/mol. The number of rotatable bonds is 10. The van der Waals surface area contributed by atoms with Crippen molar-refractivity contribution in [2.24, 2.45) is 0 Å². The van der Waals surface area contributed by atoms with E-state index in [1.54, 1.807) is 19.1 Å². The minimum atomic E-state index is -0.707. The molecule has 0 aliphatic rings. The van der Waals surface area contributed by atoms with Gasteiger partial charge in [0.1, 0.15) is 17.3 Å². The number of esters is 2. The van der Waals surface area contributed by atoms with Gasteiger partial charge in [0.25, 0.3) is 0 Å². The van der Waals surface area contributed by atoms with Crippen molar-refractivity contribution in [3.05, 3.63) is 109 Å². The zero-order chi connectivity index (χ0) is 21.1. The molecule has 0 amide bonds. The van der Waals surface area contributed by atoms with Gasteiger partial charge in [-0.2, -0.15) is 0 Å². The fraction of sp³-hybridized carbons (Fsp3) is 0.0909. The van der Waals surface area contributed by atoms with E-state index in [-0.39, 0.29) is 22.9 Å². The Kier molecular flexibility index (Phi) is 9.62. The van der Waals surface area contributed by atoms with Gasteiger partial charge in [0.05, 0.1) is 5.57 Å². The van der Waals surface area contributed by atoms with E-state index in [9.17, 15) is 9.59 Å². The summed E-state index contributed by atoms with van der Waals surface area (Å²) in [4.78, 5) is 22.7. The van der Waals surface area contributed by atoms with Crippen molar-refractivity contribution in [3.8, 4) is 0 Å². The van der Waals surface area contributed by atoms with E-state index in [1.807, 2.05) is 0 Å². The maximum absolute atomic E-state index is 11.9. The molecule has 0 unspecified atom stereocenters. The van der Waals surface area contributed by atoms with Gasteiger partial charge >= 0.3 is 11.9 Å². The first-order valence-electron chi connectivity index (χ1n) is 7.72. The molecule has 0 bridgehead atoms. The number of ether oxygens (including phenoxy) is 2. The minimum absolute atomic E-state index is 0.0647. The molecule has 0 aliphatic heterocycles. The van der Waals surface area contributed by atoms with Crippen LogP contribution in [-0.2, 0) is 19.1 Å². The predicted molar refractivity (Wildman–Crippen MR) is 107 cm³/mol. The number of aliphatic hydroxyl groups excluding tert-OH is 1. The van der Waals surface area contributed by atoms with Gasteiger partial charge in [0, 0.05) is 6.92 Å². The third kappa shape index (κ3) is 10.1. The molecule has 1 N–H and O–H groups in total. The highest BCUT2D eigenvalue weighted by Crippen LogP contribution is 2.15. The third-order valence-electron chi connectivity index (χ3n) is 2.96. The molecule has 0 radical (unpaired) electrons. The summed E-state index contributed by atoms with van der Waals surface area (Å²) in [5.41, 5.74) is 1.53. The van der Waals surface area contributed by atoms with Crippen molar-refractivity contribution >= 4 is 11.9 Å². The molecule has 5 heteroatoms. The lowest BCUT2D eigenvalue weighted by molar-refractivity contribution is -0.136.